The lowest BCUT2D eigenvalue weighted by Crippen LogP contribution is -2.07. The van der Waals surface area contributed by atoms with Crippen LogP contribution in [0.4, 0.5) is 14.7 Å². The van der Waals surface area contributed by atoms with Gasteiger partial charge in [-0.25, -0.2) is 13.3 Å². The molecule has 0 saturated carbocycles. The molecule has 31 heavy (non-hydrogen) atoms. The van der Waals surface area contributed by atoms with E-state index in [9.17, 15) is 4.39 Å². The van der Waals surface area contributed by atoms with Gasteiger partial charge in [-0.05, 0) is 48.4 Å². The fourth-order valence-corrected chi connectivity index (χ4v) is 3.50. The van der Waals surface area contributed by atoms with Crippen LogP contribution in [0.25, 0.3) is 28.0 Å². The number of hydrogen-bond acceptors (Lipinski definition) is 5. The average molecular weight is 417 g/mol. The average Bonchev–Trinajstić information content (AvgIpc) is 3.39. The number of benzene rings is 1. The van der Waals surface area contributed by atoms with E-state index in [-0.39, 0.29) is 23.5 Å². The highest BCUT2D eigenvalue weighted by Gasteiger charge is 2.17. The van der Waals surface area contributed by atoms with Crippen molar-refractivity contribution >= 4 is 11.6 Å². The standard InChI is InChI=1S/C22H17F2N7/c1-13(14-2-4-17(23)5-3-14)31-12-16(11-27-31)21-20(24)18(6-8-26-21)15-7-9-30-19(10-15)28-22(25)29-30/h2-13H,1H3,(H2,25,29)/t13-/m1/s1. The number of hydrogen-bond donors (Lipinski definition) is 1. The molecule has 2 N–H and O–H groups in total. The molecule has 154 valence electrons. The molecule has 5 rings (SSSR count). The molecule has 9 heteroatoms. The molecule has 0 fully saturated rings. The minimum atomic E-state index is -0.465. The molecule has 4 aromatic heterocycles. The van der Waals surface area contributed by atoms with Gasteiger partial charge in [-0.2, -0.15) is 10.1 Å². The first-order valence-electron chi connectivity index (χ1n) is 9.56. The van der Waals surface area contributed by atoms with Crippen molar-refractivity contribution in [1.82, 2.24) is 29.4 Å². The third kappa shape index (κ3) is 3.39. The molecule has 0 bridgehead atoms. The molecule has 7 nitrogen and oxygen atoms in total. The smallest absolute Gasteiger partial charge is 0.240 e. The number of nitrogens with two attached hydrogens (primary N) is 1. The fourth-order valence-electron chi connectivity index (χ4n) is 3.50. The Morgan fingerprint density at radius 2 is 1.84 bits per heavy atom. The number of fused-ring (bicyclic) bond motifs is 1. The van der Waals surface area contributed by atoms with Crippen molar-refractivity contribution in [2.75, 3.05) is 5.73 Å². The molecule has 1 atom stereocenters. The van der Waals surface area contributed by atoms with Crippen molar-refractivity contribution in [3.63, 3.8) is 0 Å². The van der Waals surface area contributed by atoms with Gasteiger partial charge in [0.05, 0.1) is 12.2 Å². The van der Waals surface area contributed by atoms with Gasteiger partial charge in [0.1, 0.15) is 11.5 Å². The number of halogens is 2. The summed E-state index contributed by atoms with van der Waals surface area (Å²) in [6.07, 6.45) is 6.52. The zero-order valence-corrected chi connectivity index (χ0v) is 16.4. The molecule has 0 unspecified atom stereocenters. The SMILES string of the molecule is C[C@H](c1ccc(F)cc1)n1cc(-c2nccc(-c3ccn4nc(N)nc4c3)c2F)cn1. The zero-order chi connectivity index (χ0) is 21.5. The molecule has 5 aromatic rings. The van der Waals surface area contributed by atoms with Crippen LogP contribution in [-0.4, -0.2) is 29.4 Å². The number of rotatable bonds is 4. The van der Waals surface area contributed by atoms with Crippen molar-refractivity contribution in [2.45, 2.75) is 13.0 Å². The van der Waals surface area contributed by atoms with Gasteiger partial charge in [-0.1, -0.05) is 12.1 Å². The second-order valence-electron chi connectivity index (χ2n) is 7.15. The van der Waals surface area contributed by atoms with Crippen molar-refractivity contribution < 1.29 is 8.78 Å². The van der Waals surface area contributed by atoms with Crippen LogP contribution < -0.4 is 5.73 Å². The summed E-state index contributed by atoms with van der Waals surface area (Å²) in [5.74, 6) is -0.615. The van der Waals surface area contributed by atoms with E-state index in [0.29, 0.717) is 22.3 Å². The Kier molecular flexibility index (Phi) is 4.43. The number of nitrogen functional groups attached to an aromatic ring is 1. The van der Waals surface area contributed by atoms with Crippen molar-refractivity contribution in [1.29, 1.82) is 0 Å². The Balaban J connectivity index is 1.50. The fraction of sp³-hybridized carbons (Fsp3) is 0.0909. The molecule has 0 amide bonds. The molecular formula is C22H17F2N7. The Bertz CT molecular complexity index is 1390. The van der Waals surface area contributed by atoms with Gasteiger partial charge in [0.15, 0.2) is 11.5 Å². The molecular weight excluding hydrogens is 400 g/mol. The molecule has 0 aliphatic heterocycles. The van der Waals surface area contributed by atoms with Gasteiger partial charge in [-0.15, -0.1) is 5.10 Å². The number of aromatic nitrogens is 6. The molecule has 0 radical (unpaired) electrons. The Morgan fingerprint density at radius 3 is 2.65 bits per heavy atom. The third-order valence-corrected chi connectivity index (χ3v) is 5.18. The quantitative estimate of drug-likeness (QED) is 0.475. The van der Waals surface area contributed by atoms with Crippen molar-refractivity contribution in [2.24, 2.45) is 0 Å². The van der Waals surface area contributed by atoms with E-state index in [1.54, 1.807) is 59.8 Å². The minimum Gasteiger partial charge on any atom is -0.366 e. The zero-order valence-electron chi connectivity index (χ0n) is 16.4. The van der Waals surface area contributed by atoms with Gasteiger partial charge in [0.2, 0.25) is 5.95 Å². The van der Waals surface area contributed by atoms with Gasteiger partial charge >= 0.3 is 0 Å². The number of pyridine rings is 2. The molecule has 0 aliphatic carbocycles. The monoisotopic (exact) mass is 417 g/mol. The van der Waals surface area contributed by atoms with E-state index < -0.39 is 5.82 Å². The van der Waals surface area contributed by atoms with Gasteiger partial charge in [-0.3, -0.25) is 9.67 Å². The Hall–Kier alpha value is -4.14. The van der Waals surface area contributed by atoms with Crippen LogP contribution in [0.5, 0.6) is 0 Å². The highest BCUT2D eigenvalue weighted by Crippen LogP contribution is 2.30. The van der Waals surface area contributed by atoms with Crippen LogP contribution in [0, 0.1) is 11.6 Å². The summed E-state index contributed by atoms with van der Waals surface area (Å²) in [4.78, 5) is 8.35. The second-order valence-corrected chi connectivity index (χ2v) is 7.15. The van der Waals surface area contributed by atoms with Crippen LogP contribution in [0.2, 0.25) is 0 Å². The predicted octanol–water partition coefficient (Wildman–Crippen LogP) is 4.12. The van der Waals surface area contributed by atoms with E-state index in [1.165, 1.54) is 16.6 Å². The van der Waals surface area contributed by atoms with Crippen molar-refractivity contribution in [3.8, 4) is 22.4 Å². The summed E-state index contributed by atoms with van der Waals surface area (Å²) in [5.41, 5.74) is 8.79. The lowest BCUT2D eigenvalue weighted by Gasteiger charge is -2.12. The van der Waals surface area contributed by atoms with E-state index in [2.05, 4.69) is 20.2 Å². The first-order chi connectivity index (χ1) is 15.0. The van der Waals surface area contributed by atoms with Gasteiger partial charge in [0, 0.05) is 29.7 Å². The predicted molar refractivity (Wildman–Crippen MR) is 112 cm³/mol. The molecule has 0 spiro atoms. The van der Waals surface area contributed by atoms with E-state index >= 15 is 4.39 Å². The summed E-state index contributed by atoms with van der Waals surface area (Å²) in [6, 6.07) is 11.1. The summed E-state index contributed by atoms with van der Waals surface area (Å²) in [5, 5.41) is 8.39. The molecule has 1 aromatic carbocycles. The number of nitrogens with zero attached hydrogens (tertiary/aromatic N) is 6. The lowest BCUT2D eigenvalue weighted by molar-refractivity contribution is 0.561. The first-order valence-corrected chi connectivity index (χ1v) is 9.56. The van der Waals surface area contributed by atoms with Crippen LogP contribution in [0.1, 0.15) is 18.5 Å². The van der Waals surface area contributed by atoms with E-state index in [1.807, 2.05) is 6.92 Å². The normalized spacial score (nSPS) is 12.4. The molecule has 4 heterocycles. The maximum absolute atomic E-state index is 15.4. The maximum atomic E-state index is 15.4. The second kappa shape index (κ2) is 7.28. The summed E-state index contributed by atoms with van der Waals surface area (Å²) in [7, 11) is 0. The highest BCUT2D eigenvalue weighted by atomic mass is 19.1. The lowest BCUT2D eigenvalue weighted by atomic mass is 10.0. The Labute approximate surface area is 175 Å². The Morgan fingerprint density at radius 1 is 1.03 bits per heavy atom. The van der Waals surface area contributed by atoms with Crippen LogP contribution in [-0.2, 0) is 0 Å². The van der Waals surface area contributed by atoms with Crippen LogP contribution >= 0.6 is 0 Å². The summed E-state index contributed by atoms with van der Waals surface area (Å²) >= 11 is 0. The van der Waals surface area contributed by atoms with Crippen LogP contribution in [0.15, 0.2) is 67.3 Å². The molecule has 0 saturated heterocycles. The third-order valence-electron chi connectivity index (χ3n) is 5.18. The largest absolute Gasteiger partial charge is 0.366 e. The summed E-state index contributed by atoms with van der Waals surface area (Å²) in [6.45, 7) is 1.93. The molecule has 0 aliphatic rings. The van der Waals surface area contributed by atoms with Gasteiger partial charge < -0.3 is 5.73 Å². The topological polar surface area (TPSA) is 86.9 Å². The number of anilines is 1. The highest BCUT2D eigenvalue weighted by molar-refractivity contribution is 5.73. The van der Waals surface area contributed by atoms with Crippen molar-refractivity contribution in [3.05, 3.63) is 84.4 Å². The van der Waals surface area contributed by atoms with Gasteiger partial charge in [0.25, 0.3) is 0 Å². The van der Waals surface area contributed by atoms with E-state index in [0.717, 1.165) is 5.56 Å². The maximum Gasteiger partial charge on any atom is 0.240 e. The summed E-state index contributed by atoms with van der Waals surface area (Å²) < 4.78 is 31.8. The van der Waals surface area contributed by atoms with Crippen LogP contribution in [0.3, 0.4) is 0 Å². The first kappa shape index (κ1) is 18.9. The minimum absolute atomic E-state index is 0.149. The van der Waals surface area contributed by atoms with E-state index in [4.69, 9.17) is 5.73 Å².